The van der Waals surface area contributed by atoms with Crippen LogP contribution < -0.4 is 10.9 Å². The van der Waals surface area contributed by atoms with Gasteiger partial charge in [-0.25, -0.2) is 4.68 Å². The summed E-state index contributed by atoms with van der Waals surface area (Å²) in [5, 5.41) is 9.25. The number of amides is 1. The van der Waals surface area contributed by atoms with Crippen molar-refractivity contribution in [2.75, 3.05) is 0 Å². The first-order valence-corrected chi connectivity index (χ1v) is 9.24. The van der Waals surface area contributed by atoms with Crippen LogP contribution in [-0.2, 0) is 11.3 Å². The van der Waals surface area contributed by atoms with Crippen LogP contribution >= 0.6 is 11.3 Å². The van der Waals surface area contributed by atoms with Gasteiger partial charge in [0.25, 0.3) is 5.56 Å². The van der Waals surface area contributed by atoms with Crippen LogP contribution in [-0.4, -0.2) is 20.1 Å². The van der Waals surface area contributed by atoms with E-state index in [1.165, 1.54) is 4.68 Å². The minimum Gasteiger partial charge on any atom is -0.350 e. The number of carbonyl (C=O) groups excluding carboxylic acids is 1. The zero-order valence-corrected chi connectivity index (χ0v) is 15.3. The number of aromatic nitrogens is 3. The average molecular weight is 366 g/mol. The molecular formula is C19H18N4O2S. The molecule has 1 aromatic carbocycles. The van der Waals surface area contributed by atoms with Crippen LogP contribution in [0.25, 0.3) is 15.7 Å². The SMILES string of the molecule is Cc1nn([C@H](C)C(=O)NCc2ccccc2)c(=O)c2cc3sccc3n12. The van der Waals surface area contributed by atoms with Gasteiger partial charge in [-0.2, -0.15) is 5.10 Å². The van der Waals surface area contributed by atoms with Gasteiger partial charge in [0, 0.05) is 6.54 Å². The summed E-state index contributed by atoms with van der Waals surface area (Å²) in [6, 6.07) is 12.8. The number of nitrogens with zero attached hydrogens (tertiary/aromatic N) is 3. The Bertz CT molecular complexity index is 1160. The fourth-order valence-electron chi connectivity index (χ4n) is 3.10. The Kier molecular flexibility index (Phi) is 4.08. The highest BCUT2D eigenvalue weighted by atomic mass is 32.1. The molecule has 0 saturated heterocycles. The van der Waals surface area contributed by atoms with Gasteiger partial charge in [-0.15, -0.1) is 11.3 Å². The van der Waals surface area contributed by atoms with Gasteiger partial charge >= 0.3 is 0 Å². The highest BCUT2D eigenvalue weighted by Gasteiger charge is 2.21. The van der Waals surface area contributed by atoms with E-state index >= 15 is 0 Å². The lowest BCUT2D eigenvalue weighted by molar-refractivity contribution is -0.124. The summed E-state index contributed by atoms with van der Waals surface area (Å²) in [6.45, 7) is 3.95. The van der Waals surface area contributed by atoms with Gasteiger partial charge in [-0.1, -0.05) is 30.3 Å². The zero-order valence-electron chi connectivity index (χ0n) is 14.5. The van der Waals surface area contributed by atoms with E-state index in [0.717, 1.165) is 15.8 Å². The minimum absolute atomic E-state index is 0.236. The van der Waals surface area contributed by atoms with E-state index in [1.807, 2.05) is 59.2 Å². The molecule has 0 radical (unpaired) electrons. The number of hydrogen-bond acceptors (Lipinski definition) is 4. The predicted octanol–water partition coefficient (Wildman–Crippen LogP) is 2.90. The van der Waals surface area contributed by atoms with Crippen LogP contribution in [0.3, 0.4) is 0 Å². The molecule has 4 rings (SSSR count). The van der Waals surface area contributed by atoms with E-state index in [1.54, 1.807) is 18.3 Å². The monoisotopic (exact) mass is 366 g/mol. The van der Waals surface area contributed by atoms with Crippen LogP contribution in [0, 0.1) is 6.92 Å². The number of benzene rings is 1. The van der Waals surface area contributed by atoms with E-state index in [4.69, 9.17) is 0 Å². The first kappa shape index (κ1) is 16.5. The van der Waals surface area contributed by atoms with Crippen LogP contribution in [0.1, 0.15) is 24.4 Å². The first-order chi connectivity index (χ1) is 12.6. The summed E-state index contributed by atoms with van der Waals surface area (Å²) in [5.74, 6) is 0.441. The molecule has 0 aliphatic rings. The molecule has 3 aromatic heterocycles. The lowest BCUT2D eigenvalue weighted by Crippen LogP contribution is -2.38. The van der Waals surface area contributed by atoms with Crippen molar-refractivity contribution in [3.63, 3.8) is 0 Å². The molecule has 0 saturated carbocycles. The van der Waals surface area contributed by atoms with Crippen molar-refractivity contribution in [1.29, 1.82) is 0 Å². The summed E-state index contributed by atoms with van der Waals surface area (Å²) in [5.41, 5.74) is 2.26. The quantitative estimate of drug-likeness (QED) is 0.604. The van der Waals surface area contributed by atoms with Gasteiger partial charge in [0.1, 0.15) is 17.4 Å². The van der Waals surface area contributed by atoms with Crippen molar-refractivity contribution >= 4 is 33.0 Å². The molecule has 1 amide bonds. The van der Waals surface area contributed by atoms with Gasteiger partial charge in [0.15, 0.2) is 0 Å². The largest absolute Gasteiger partial charge is 0.350 e. The predicted molar refractivity (Wildman–Crippen MR) is 103 cm³/mol. The fourth-order valence-corrected chi connectivity index (χ4v) is 3.90. The zero-order chi connectivity index (χ0) is 18.3. The summed E-state index contributed by atoms with van der Waals surface area (Å²) >= 11 is 1.58. The Labute approximate surface area is 153 Å². The highest BCUT2D eigenvalue weighted by Crippen LogP contribution is 2.24. The number of fused-ring (bicyclic) bond motifs is 3. The normalized spacial score (nSPS) is 12.5. The molecule has 6 nitrogen and oxygen atoms in total. The van der Waals surface area contributed by atoms with Crippen LogP contribution in [0.2, 0.25) is 0 Å². The van der Waals surface area contributed by atoms with Gasteiger partial charge in [-0.05, 0) is 36.9 Å². The maximum Gasteiger partial charge on any atom is 0.291 e. The smallest absolute Gasteiger partial charge is 0.291 e. The van der Waals surface area contributed by atoms with Crippen molar-refractivity contribution < 1.29 is 4.79 Å². The number of aryl methyl sites for hydroxylation is 1. The third-order valence-corrected chi connectivity index (χ3v) is 5.34. The fraction of sp³-hybridized carbons (Fsp3) is 0.211. The molecule has 4 aromatic rings. The van der Waals surface area contributed by atoms with E-state index in [-0.39, 0.29) is 11.5 Å². The minimum atomic E-state index is -0.692. The molecule has 0 unspecified atom stereocenters. The topological polar surface area (TPSA) is 68.4 Å². The van der Waals surface area contributed by atoms with E-state index in [2.05, 4.69) is 10.4 Å². The second-order valence-electron chi connectivity index (χ2n) is 6.21. The van der Waals surface area contributed by atoms with Crippen molar-refractivity contribution in [2.45, 2.75) is 26.4 Å². The molecule has 26 heavy (non-hydrogen) atoms. The molecule has 0 bridgehead atoms. The summed E-state index contributed by atoms with van der Waals surface area (Å²) in [6.07, 6.45) is 0. The Morgan fingerprint density at radius 1 is 1.23 bits per heavy atom. The molecule has 3 heterocycles. The van der Waals surface area contributed by atoms with Crippen molar-refractivity contribution in [2.24, 2.45) is 0 Å². The van der Waals surface area contributed by atoms with E-state index < -0.39 is 6.04 Å². The van der Waals surface area contributed by atoms with Gasteiger partial charge in [-0.3, -0.25) is 14.0 Å². The lowest BCUT2D eigenvalue weighted by Gasteiger charge is -2.15. The number of hydrogen-bond donors (Lipinski definition) is 1. The Hall–Kier alpha value is -2.93. The maximum absolute atomic E-state index is 12.9. The molecule has 0 spiro atoms. The number of rotatable bonds is 4. The van der Waals surface area contributed by atoms with Crippen LogP contribution in [0.4, 0.5) is 0 Å². The molecule has 0 fully saturated rings. The molecule has 0 aliphatic carbocycles. The third-order valence-electron chi connectivity index (χ3n) is 4.48. The molecule has 1 N–H and O–H groups in total. The molecule has 0 aliphatic heterocycles. The van der Waals surface area contributed by atoms with Gasteiger partial charge in [0.2, 0.25) is 5.91 Å². The number of nitrogens with one attached hydrogen (secondary N) is 1. The molecule has 7 heteroatoms. The Balaban J connectivity index is 1.66. The average Bonchev–Trinajstić information content (AvgIpc) is 3.24. The molecular weight excluding hydrogens is 348 g/mol. The molecule has 132 valence electrons. The maximum atomic E-state index is 12.9. The third kappa shape index (κ3) is 2.70. The standard InChI is InChI=1S/C19H18N4O2S/c1-12(18(24)20-11-14-6-4-3-5-7-14)23-19(25)16-10-17-15(8-9-26-17)22(16)13(2)21-23/h3-10,12H,11H2,1-2H3,(H,20,24)/t12-/m1/s1. The Morgan fingerprint density at radius 3 is 2.77 bits per heavy atom. The van der Waals surface area contributed by atoms with E-state index in [9.17, 15) is 9.59 Å². The summed E-state index contributed by atoms with van der Waals surface area (Å²) in [7, 11) is 0. The summed E-state index contributed by atoms with van der Waals surface area (Å²) < 4.78 is 4.15. The van der Waals surface area contributed by atoms with Crippen molar-refractivity contribution in [3.05, 3.63) is 69.6 Å². The number of carbonyl (C=O) groups is 1. The van der Waals surface area contributed by atoms with E-state index in [0.29, 0.717) is 17.9 Å². The van der Waals surface area contributed by atoms with Crippen molar-refractivity contribution in [3.8, 4) is 0 Å². The Morgan fingerprint density at radius 2 is 2.00 bits per heavy atom. The van der Waals surface area contributed by atoms with Crippen molar-refractivity contribution in [1.82, 2.24) is 19.5 Å². The second kappa shape index (κ2) is 6.42. The van der Waals surface area contributed by atoms with Gasteiger partial charge < -0.3 is 5.32 Å². The second-order valence-corrected chi connectivity index (χ2v) is 7.16. The van der Waals surface area contributed by atoms with Gasteiger partial charge in [0.05, 0.1) is 10.2 Å². The van der Waals surface area contributed by atoms with Crippen LogP contribution in [0.5, 0.6) is 0 Å². The van der Waals surface area contributed by atoms with Crippen LogP contribution in [0.15, 0.2) is 52.6 Å². The summed E-state index contributed by atoms with van der Waals surface area (Å²) in [4.78, 5) is 25.4. The highest BCUT2D eigenvalue weighted by molar-refractivity contribution is 7.17. The molecule has 1 atom stereocenters. The number of thiophene rings is 1. The first-order valence-electron chi connectivity index (χ1n) is 8.36. The lowest BCUT2D eigenvalue weighted by atomic mass is 10.2.